The van der Waals surface area contributed by atoms with E-state index >= 15 is 0 Å². The molecule has 1 aromatic heterocycles. The van der Waals surface area contributed by atoms with Crippen molar-refractivity contribution in [1.82, 2.24) is 9.78 Å². The number of ether oxygens (including phenoxy) is 1. The van der Waals surface area contributed by atoms with Crippen LogP contribution in [-0.2, 0) is 9.84 Å². The molecule has 2 aromatic rings. The van der Waals surface area contributed by atoms with Crippen LogP contribution in [0.2, 0.25) is 0 Å². The molecule has 3 rings (SSSR count). The summed E-state index contributed by atoms with van der Waals surface area (Å²) in [6, 6.07) is 7.51. The van der Waals surface area contributed by atoms with Gasteiger partial charge in [0.05, 0.1) is 29.3 Å². The van der Waals surface area contributed by atoms with Crippen LogP contribution in [0.4, 0.5) is 5.82 Å². The Labute approximate surface area is 142 Å². The van der Waals surface area contributed by atoms with Crippen LogP contribution in [-0.4, -0.2) is 35.8 Å². The van der Waals surface area contributed by atoms with Gasteiger partial charge in [-0.05, 0) is 51.0 Å². The Bertz CT molecular complexity index is 856. The number of anilines is 1. The Morgan fingerprint density at radius 1 is 1.33 bits per heavy atom. The number of nitrogen functional groups attached to an aromatic ring is 1. The van der Waals surface area contributed by atoms with Crippen LogP contribution in [0.15, 0.2) is 24.3 Å². The third kappa shape index (κ3) is 3.40. The fourth-order valence-corrected chi connectivity index (χ4v) is 4.70. The molecule has 24 heavy (non-hydrogen) atoms. The second-order valence-corrected chi connectivity index (χ2v) is 8.83. The largest absolute Gasteiger partial charge is 0.491 e. The fourth-order valence-electron chi connectivity index (χ4n) is 3.01. The molecule has 6 nitrogen and oxygen atoms in total. The topological polar surface area (TPSA) is 87.2 Å². The maximum atomic E-state index is 11.7. The predicted octanol–water partition coefficient (Wildman–Crippen LogP) is 2.59. The van der Waals surface area contributed by atoms with Crippen molar-refractivity contribution in [3.63, 3.8) is 0 Å². The van der Waals surface area contributed by atoms with E-state index in [0.29, 0.717) is 12.2 Å². The van der Waals surface area contributed by atoms with Gasteiger partial charge in [0.2, 0.25) is 0 Å². The van der Waals surface area contributed by atoms with Gasteiger partial charge in [-0.15, -0.1) is 0 Å². The number of rotatable bonds is 4. The van der Waals surface area contributed by atoms with Crippen molar-refractivity contribution in [3.8, 4) is 17.0 Å². The maximum Gasteiger partial charge on any atom is 0.152 e. The molecule has 1 aliphatic heterocycles. The van der Waals surface area contributed by atoms with Crippen molar-refractivity contribution >= 4 is 15.7 Å². The molecule has 2 N–H and O–H groups in total. The number of aryl methyl sites for hydroxylation is 1. The zero-order valence-corrected chi connectivity index (χ0v) is 15.0. The second-order valence-electron chi connectivity index (χ2n) is 6.60. The number of benzene rings is 1. The molecule has 0 spiro atoms. The summed E-state index contributed by atoms with van der Waals surface area (Å²) in [6.07, 6.45) is 0.683. The van der Waals surface area contributed by atoms with Crippen LogP contribution < -0.4 is 10.5 Å². The first-order valence-electron chi connectivity index (χ1n) is 8.08. The quantitative estimate of drug-likeness (QED) is 0.917. The SMILES string of the molecule is Cc1cc(-c2cc(N)n([C@H]3CCS(=O)(=O)C3)n2)ccc1OC(C)C. The van der Waals surface area contributed by atoms with Crippen molar-refractivity contribution in [2.45, 2.75) is 39.3 Å². The molecule has 1 aliphatic rings. The van der Waals surface area contributed by atoms with Crippen molar-refractivity contribution in [1.29, 1.82) is 0 Å². The first-order chi connectivity index (χ1) is 11.2. The minimum Gasteiger partial charge on any atom is -0.491 e. The molecule has 0 aliphatic carbocycles. The Kier molecular flexibility index (Phi) is 4.29. The number of nitrogens with two attached hydrogens (primary N) is 1. The van der Waals surface area contributed by atoms with E-state index in [0.717, 1.165) is 22.6 Å². The van der Waals surface area contributed by atoms with Crippen LogP contribution in [0, 0.1) is 6.92 Å². The summed E-state index contributed by atoms with van der Waals surface area (Å²) >= 11 is 0. The molecular formula is C17H23N3O3S. The highest BCUT2D eigenvalue weighted by Gasteiger charge is 2.31. The summed E-state index contributed by atoms with van der Waals surface area (Å²) in [5, 5.41) is 4.55. The molecule has 7 heteroatoms. The lowest BCUT2D eigenvalue weighted by molar-refractivity contribution is 0.241. The van der Waals surface area contributed by atoms with E-state index < -0.39 is 9.84 Å². The summed E-state index contributed by atoms with van der Waals surface area (Å²) in [5.41, 5.74) is 8.77. The van der Waals surface area contributed by atoms with Crippen molar-refractivity contribution < 1.29 is 13.2 Å². The summed E-state index contributed by atoms with van der Waals surface area (Å²) in [6.45, 7) is 5.97. The lowest BCUT2D eigenvalue weighted by Crippen LogP contribution is -2.14. The molecule has 0 radical (unpaired) electrons. The predicted molar refractivity (Wildman–Crippen MR) is 94.9 cm³/mol. The van der Waals surface area contributed by atoms with E-state index in [4.69, 9.17) is 10.5 Å². The average molecular weight is 349 g/mol. The Balaban J connectivity index is 1.89. The monoisotopic (exact) mass is 349 g/mol. The van der Waals surface area contributed by atoms with Crippen molar-refractivity contribution in [2.75, 3.05) is 17.2 Å². The van der Waals surface area contributed by atoms with Crippen molar-refractivity contribution in [2.24, 2.45) is 0 Å². The third-order valence-corrected chi connectivity index (χ3v) is 5.90. The molecule has 1 aromatic carbocycles. The van der Waals surface area contributed by atoms with E-state index in [-0.39, 0.29) is 23.7 Å². The lowest BCUT2D eigenvalue weighted by atomic mass is 10.1. The zero-order chi connectivity index (χ0) is 17.5. The number of aromatic nitrogens is 2. The van der Waals surface area contributed by atoms with E-state index in [9.17, 15) is 8.42 Å². The number of nitrogens with zero attached hydrogens (tertiary/aromatic N) is 2. The van der Waals surface area contributed by atoms with E-state index in [1.165, 1.54) is 0 Å². The average Bonchev–Trinajstić information content (AvgIpc) is 3.03. The molecule has 0 unspecified atom stereocenters. The molecule has 1 fully saturated rings. The van der Waals surface area contributed by atoms with Gasteiger partial charge in [-0.25, -0.2) is 13.1 Å². The van der Waals surface area contributed by atoms with Crippen LogP contribution in [0.3, 0.4) is 0 Å². The molecule has 2 heterocycles. The molecule has 1 saturated heterocycles. The van der Waals surface area contributed by atoms with E-state index in [2.05, 4.69) is 5.10 Å². The van der Waals surface area contributed by atoms with Gasteiger partial charge in [0, 0.05) is 11.6 Å². The lowest BCUT2D eigenvalue weighted by Gasteiger charge is -2.13. The van der Waals surface area contributed by atoms with Gasteiger partial charge in [-0.2, -0.15) is 5.10 Å². The standard InChI is InChI=1S/C17H23N3O3S/c1-11(2)23-16-5-4-13(8-12(16)3)15-9-17(18)20(19-15)14-6-7-24(21,22)10-14/h4-5,8-9,11,14H,6-7,10,18H2,1-3H3/t14-/m0/s1. The van der Waals surface area contributed by atoms with E-state index in [1.807, 2.05) is 39.0 Å². The Hall–Kier alpha value is -2.02. The molecule has 1 atom stereocenters. The van der Waals surface area contributed by atoms with Gasteiger partial charge in [-0.1, -0.05) is 0 Å². The van der Waals surface area contributed by atoms with Gasteiger partial charge in [0.25, 0.3) is 0 Å². The molecular weight excluding hydrogens is 326 g/mol. The molecule has 0 amide bonds. The van der Waals surface area contributed by atoms with Crippen LogP contribution in [0.25, 0.3) is 11.3 Å². The highest BCUT2D eigenvalue weighted by molar-refractivity contribution is 7.91. The summed E-state index contributed by atoms with van der Waals surface area (Å²) in [5.74, 6) is 1.65. The van der Waals surface area contributed by atoms with Crippen LogP contribution >= 0.6 is 0 Å². The second kappa shape index (κ2) is 6.12. The van der Waals surface area contributed by atoms with Gasteiger partial charge in [0.1, 0.15) is 11.6 Å². The molecule has 0 bridgehead atoms. The number of hydrogen-bond donors (Lipinski definition) is 1. The van der Waals surface area contributed by atoms with Crippen LogP contribution in [0.1, 0.15) is 31.9 Å². The fraction of sp³-hybridized carbons (Fsp3) is 0.471. The van der Waals surface area contributed by atoms with Gasteiger partial charge < -0.3 is 10.5 Å². The normalized spacial score (nSPS) is 19.8. The van der Waals surface area contributed by atoms with Crippen LogP contribution in [0.5, 0.6) is 5.75 Å². The van der Waals surface area contributed by atoms with Gasteiger partial charge in [0.15, 0.2) is 9.84 Å². The number of sulfone groups is 1. The summed E-state index contributed by atoms with van der Waals surface area (Å²) in [7, 11) is -2.97. The smallest absolute Gasteiger partial charge is 0.152 e. The summed E-state index contributed by atoms with van der Waals surface area (Å²) in [4.78, 5) is 0. The number of hydrogen-bond acceptors (Lipinski definition) is 5. The summed E-state index contributed by atoms with van der Waals surface area (Å²) < 4.78 is 30.8. The van der Waals surface area contributed by atoms with Gasteiger partial charge >= 0.3 is 0 Å². The minimum atomic E-state index is -2.97. The first-order valence-corrected chi connectivity index (χ1v) is 9.90. The van der Waals surface area contributed by atoms with Crippen molar-refractivity contribution in [3.05, 3.63) is 29.8 Å². The molecule has 130 valence electrons. The van der Waals surface area contributed by atoms with Gasteiger partial charge in [-0.3, -0.25) is 0 Å². The molecule has 0 saturated carbocycles. The van der Waals surface area contributed by atoms with E-state index in [1.54, 1.807) is 10.7 Å². The minimum absolute atomic E-state index is 0.110. The third-order valence-electron chi connectivity index (χ3n) is 4.15. The Morgan fingerprint density at radius 2 is 2.08 bits per heavy atom. The highest BCUT2D eigenvalue weighted by Crippen LogP contribution is 2.31. The highest BCUT2D eigenvalue weighted by atomic mass is 32.2. The Morgan fingerprint density at radius 3 is 2.67 bits per heavy atom. The first kappa shape index (κ1) is 16.8. The maximum absolute atomic E-state index is 11.7. The zero-order valence-electron chi connectivity index (χ0n) is 14.2.